The van der Waals surface area contributed by atoms with Crippen LogP contribution >= 0.6 is 27.5 Å². The summed E-state index contributed by atoms with van der Waals surface area (Å²) < 4.78 is 1.98. The fourth-order valence-corrected chi connectivity index (χ4v) is 2.36. The first kappa shape index (κ1) is 12.1. The van der Waals surface area contributed by atoms with Crippen molar-refractivity contribution in [3.63, 3.8) is 0 Å². The van der Waals surface area contributed by atoms with E-state index in [4.69, 9.17) is 11.6 Å². The van der Waals surface area contributed by atoms with E-state index in [9.17, 15) is 0 Å². The van der Waals surface area contributed by atoms with Gasteiger partial charge >= 0.3 is 0 Å². The van der Waals surface area contributed by atoms with Gasteiger partial charge in [-0.05, 0) is 18.8 Å². The molecule has 1 aromatic rings. The van der Waals surface area contributed by atoms with E-state index >= 15 is 0 Å². The fourth-order valence-electron chi connectivity index (χ4n) is 1.27. The number of aromatic nitrogens is 2. The summed E-state index contributed by atoms with van der Waals surface area (Å²) in [6.07, 6.45) is 1.71. The molecule has 1 atom stereocenters. The van der Waals surface area contributed by atoms with E-state index < -0.39 is 0 Å². The number of rotatable bonds is 4. The number of nitrogens with zero attached hydrogens (tertiary/aromatic N) is 2. The van der Waals surface area contributed by atoms with E-state index in [1.807, 2.05) is 11.6 Å². The van der Waals surface area contributed by atoms with Gasteiger partial charge in [-0.15, -0.1) is 0 Å². The summed E-state index contributed by atoms with van der Waals surface area (Å²) in [5.74, 6) is 1.25. The summed E-state index contributed by atoms with van der Waals surface area (Å²) in [5, 5.41) is 6.00. The van der Waals surface area contributed by atoms with E-state index in [1.54, 1.807) is 6.20 Å². The Morgan fingerprint density at radius 2 is 2.21 bits per heavy atom. The number of alkyl halides is 1. The molecular weight excluding hydrogens is 263 g/mol. The standard InChI is InChI=1S/C10H16BrClN2/c1-7(2)9(4-11)6-14-8(3)10(12)5-13-14/h5,7,9H,4,6H2,1-3H3. The molecule has 14 heavy (non-hydrogen) atoms. The smallest absolute Gasteiger partial charge is 0.0814 e. The van der Waals surface area contributed by atoms with Gasteiger partial charge in [-0.1, -0.05) is 41.4 Å². The van der Waals surface area contributed by atoms with Crippen LogP contribution in [0.3, 0.4) is 0 Å². The molecule has 80 valence electrons. The SMILES string of the molecule is Cc1c(Cl)cnn1CC(CBr)C(C)C. The van der Waals surface area contributed by atoms with Crippen molar-refractivity contribution in [1.29, 1.82) is 0 Å². The van der Waals surface area contributed by atoms with Gasteiger partial charge in [0.25, 0.3) is 0 Å². The summed E-state index contributed by atoms with van der Waals surface area (Å²) in [4.78, 5) is 0. The number of hydrogen-bond donors (Lipinski definition) is 0. The van der Waals surface area contributed by atoms with Gasteiger partial charge in [0.15, 0.2) is 0 Å². The monoisotopic (exact) mass is 278 g/mol. The molecule has 0 aliphatic heterocycles. The highest BCUT2D eigenvalue weighted by molar-refractivity contribution is 9.09. The van der Waals surface area contributed by atoms with Crippen molar-refractivity contribution < 1.29 is 0 Å². The van der Waals surface area contributed by atoms with Gasteiger partial charge in [-0.3, -0.25) is 4.68 Å². The Labute approximate surface area is 98.8 Å². The molecule has 1 heterocycles. The van der Waals surface area contributed by atoms with Gasteiger partial charge in [0, 0.05) is 11.9 Å². The molecule has 0 bridgehead atoms. The zero-order valence-corrected chi connectivity index (χ0v) is 11.1. The fraction of sp³-hybridized carbons (Fsp3) is 0.700. The van der Waals surface area contributed by atoms with Crippen molar-refractivity contribution in [1.82, 2.24) is 9.78 Å². The Morgan fingerprint density at radius 3 is 2.57 bits per heavy atom. The molecule has 0 fully saturated rings. The number of halogens is 2. The third-order valence-corrected chi connectivity index (χ3v) is 3.79. The van der Waals surface area contributed by atoms with E-state index in [2.05, 4.69) is 34.9 Å². The average molecular weight is 280 g/mol. The van der Waals surface area contributed by atoms with Crippen molar-refractivity contribution in [2.24, 2.45) is 11.8 Å². The van der Waals surface area contributed by atoms with E-state index in [1.165, 1.54) is 0 Å². The lowest BCUT2D eigenvalue weighted by molar-refractivity contribution is 0.353. The molecule has 0 radical (unpaired) electrons. The first-order valence-corrected chi connectivity index (χ1v) is 6.30. The summed E-state index contributed by atoms with van der Waals surface area (Å²) >= 11 is 9.47. The summed E-state index contributed by atoms with van der Waals surface area (Å²) in [6.45, 7) is 7.39. The Bertz CT molecular complexity index is 296. The van der Waals surface area contributed by atoms with Gasteiger partial charge < -0.3 is 0 Å². The third-order valence-electron chi connectivity index (χ3n) is 2.59. The lowest BCUT2D eigenvalue weighted by Crippen LogP contribution is -2.19. The summed E-state index contributed by atoms with van der Waals surface area (Å²) in [6, 6.07) is 0. The van der Waals surface area contributed by atoms with Gasteiger partial charge in [-0.2, -0.15) is 5.10 Å². The average Bonchev–Trinajstić information content (AvgIpc) is 2.44. The quantitative estimate of drug-likeness (QED) is 0.771. The molecule has 4 heteroatoms. The minimum Gasteiger partial charge on any atom is -0.268 e. The van der Waals surface area contributed by atoms with Crippen LogP contribution in [0.5, 0.6) is 0 Å². The normalized spacial score (nSPS) is 13.6. The van der Waals surface area contributed by atoms with Crippen LogP contribution in [-0.2, 0) is 6.54 Å². The van der Waals surface area contributed by atoms with Crippen LogP contribution < -0.4 is 0 Å². The zero-order chi connectivity index (χ0) is 10.7. The highest BCUT2D eigenvalue weighted by Crippen LogP contribution is 2.19. The van der Waals surface area contributed by atoms with Crippen LogP contribution in [0, 0.1) is 18.8 Å². The van der Waals surface area contributed by atoms with Gasteiger partial charge in [-0.25, -0.2) is 0 Å². The van der Waals surface area contributed by atoms with Gasteiger partial charge in [0.1, 0.15) is 0 Å². The minimum atomic E-state index is 0.602. The van der Waals surface area contributed by atoms with E-state index in [0.717, 1.165) is 22.6 Å². The third kappa shape index (κ3) is 2.74. The van der Waals surface area contributed by atoms with Crippen LogP contribution in [0.1, 0.15) is 19.5 Å². The summed E-state index contributed by atoms with van der Waals surface area (Å²) in [5.41, 5.74) is 1.05. The van der Waals surface area contributed by atoms with Crippen LogP contribution in [0.2, 0.25) is 5.02 Å². The molecular formula is C10H16BrClN2. The highest BCUT2D eigenvalue weighted by atomic mass is 79.9. The maximum atomic E-state index is 5.94. The van der Waals surface area contributed by atoms with Gasteiger partial charge in [0.2, 0.25) is 0 Å². The van der Waals surface area contributed by atoms with Crippen LogP contribution in [-0.4, -0.2) is 15.1 Å². The highest BCUT2D eigenvalue weighted by Gasteiger charge is 2.14. The Balaban J connectivity index is 2.72. The Kier molecular flexibility index (Phi) is 4.45. The number of hydrogen-bond acceptors (Lipinski definition) is 1. The van der Waals surface area contributed by atoms with Crippen LogP contribution in [0.15, 0.2) is 6.20 Å². The van der Waals surface area contributed by atoms with Crippen molar-refractivity contribution in [3.05, 3.63) is 16.9 Å². The molecule has 1 unspecified atom stereocenters. The molecule has 0 aliphatic carbocycles. The Hall–Kier alpha value is -0.0200. The van der Waals surface area contributed by atoms with E-state index in [0.29, 0.717) is 11.8 Å². The molecule has 0 aromatic carbocycles. The molecule has 0 saturated carbocycles. The first-order valence-electron chi connectivity index (χ1n) is 4.80. The second-order valence-corrected chi connectivity index (χ2v) is 4.97. The lowest BCUT2D eigenvalue weighted by atomic mass is 9.98. The molecule has 1 aromatic heterocycles. The summed E-state index contributed by atoms with van der Waals surface area (Å²) in [7, 11) is 0. The predicted octanol–water partition coefficient (Wildman–Crippen LogP) is 3.51. The molecule has 0 aliphatic rings. The molecule has 0 spiro atoms. The van der Waals surface area contributed by atoms with Crippen molar-refractivity contribution in [2.45, 2.75) is 27.3 Å². The molecule has 2 nitrogen and oxygen atoms in total. The second kappa shape index (κ2) is 5.17. The predicted molar refractivity (Wildman–Crippen MR) is 64.1 cm³/mol. The molecule has 0 amide bonds. The maximum absolute atomic E-state index is 5.94. The van der Waals surface area contributed by atoms with Crippen molar-refractivity contribution in [3.8, 4) is 0 Å². The topological polar surface area (TPSA) is 17.8 Å². The molecule has 0 saturated heterocycles. The molecule has 1 rings (SSSR count). The first-order chi connectivity index (χ1) is 6.56. The van der Waals surface area contributed by atoms with E-state index in [-0.39, 0.29) is 0 Å². The van der Waals surface area contributed by atoms with Crippen molar-refractivity contribution >= 4 is 27.5 Å². The van der Waals surface area contributed by atoms with Crippen LogP contribution in [0.4, 0.5) is 0 Å². The largest absolute Gasteiger partial charge is 0.268 e. The minimum absolute atomic E-state index is 0.602. The Morgan fingerprint density at radius 1 is 1.57 bits per heavy atom. The van der Waals surface area contributed by atoms with Crippen LogP contribution in [0.25, 0.3) is 0 Å². The van der Waals surface area contributed by atoms with Gasteiger partial charge in [0.05, 0.1) is 16.9 Å². The maximum Gasteiger partial charge on any atom is 0.0814 e. The van der Waals surface area contributed by atoms with Crippen molar-refractivity contribution in [2.75, 3.05) is 5.33 Å². The second-order valence-electron chi connectivity index (χ2n) is 3.92. The lowest BCUT2D eigenvalue weighted by Gasteiger charge is -2.18. The molecule has 0 N–H and O–H groups in total. The zero-order valence-electron chi connectivity index (χ0n) is 8.80.